The second kappa shape index (κ2) is 8.43. The van der Waals surface area contributed by atoms with Gasteiger partial charge in [-0.2, -0.15) is 31.4 Å². The predicted octanol–water partition coefficient (Wildman–Crippen LogP) is 6.23. The fraction of sp³-hybridized carbons (Fsp3) is 0.217. The van der Waals surface area contributed by atoms with Gasteiger partial charge < -0.3 is 0 Å². The molecule has 0 spiro atoms. The smallest absolute Gasteiger partial charge is 0.252 e. The third kappa shape index (κ3) is 4.73. The zero-order valence-corrected chi connectivity index (χ0v) is 18.2. The highest BCUT2D eigenvalue weighted by Gasteiger charge is 2.37. The van der Waals surface area contributed by atoms with E-state index >= 15 is 0 Å². The number of halogens is 7. The Hall–Kier alpha value is -3.83. The largest absolute Gasteiger partial charge is 0.436 e. The van der Waals surface area contributed by atoms with Crippen LogP contribution in [0.4, 0.5) is 30.7 Å². The SMILES string of the molecule is CC(C)(c1cccc(-c2ccnc(C(F)(F)F)c2F)n1)c1cccc(-n2ccc(C(F)(F)F)n2)n1. The minimum atomic E-state index is -4.97. The van der Waals surface area contributed by atoms with Crippen molar-refractivity contribution in [3.63, 3.8) is 0 Å². The standard InChI is InChI=1S/C23H16F7N5/c1-21(2,16-7-4-8-18(33-16)35-12-10-17(34-35)22(25,26)27)15-6-3-5-14(32-15)13-9-11-31-20(19(13)24)23(28,29)30/h3-12H,1-2H3. The molecule has 182 valence electrons. The Labute approximate surface area is 194 Å². The molecule has 0 aliphatic rings. The maximum atomic E-state index is 14.6. The van der Waals surface area contributed by atoms with Crippen LogP contribution in [0.25, 0.3) is 17.1 Å². The van der Waals surface area contributed by atoms with Crippen LogP contribution in [-0.4, -0.2) is 24.7 Å². The minimum Gasteiger partial charge on any atom is -0.252 e. The van der Waals surface area contributed by atoms with Crippen molar-refractivity contribution in [1.82, 2.24) is 24.7 Å². The fourth-order valence-corrected chi connectivity index (χ4v) is 3.40. The first-order chi connectivity index (χ1) is 16.3. The van der Waals surface area contributed by atoms with E-state index in [0.29, 0.717) is 11.4 Å². The van der Waals surface area contributed by atoms with Gasteiger partial charge in [0.1, 0.15) is 0 Å². The Bertz CT molecular complexity index is 1370. The van der Waals surface area contributed by atoms with Gasteiger partial charge in [0.25, 0.3) is 0 Å². The zero-order valence-electron chi connectivity index (χ0n) is 18.2. The molecule has 0 fully saturated rings. The van der Waals surface area contributed by atoms with Crippen LogP contribution in [0.1, 0.15) is 36.6 Å². The van der Waals surface area contributed by atoms with Crippen LogP contribution in [0.3, 0.4) is 0 Å². The number of hydrogen-bond donors (Lipinski definition) is 0. The Morgan fingerprint density at radius 2 is 1.40 bits per heavy atom. The molecule has 0 aromatic carbocycles. The highest BCUT2D eigenvalue weighted by molar-refractivity contribution is 5.61. The first-order valence-electron chi connectivity index (χ1n) is 10.1. The van der Waals surface area contributed by atoms with Gasteiger partial charge in [-0.05, 0) is 50.2 Å². The Kier molecular flexibility index (Phi) is 5.86. The molecular weight excluding hydrogens is 479 g/mol. The molecule has 4 aromatic rings. The van der Waals surface area contributed by atoms with Gasteiger partial charge in [-0.25, -0.2) is 19.0 Å². The fourth-order valence-electron chi connectivity index (χ4n) is 3.40. The van der Waals surface area contributed by atoms with Crippen molar-refractivity contribution in [3.8, 4) is 17.1 Å². The topological polar surface area (TPSA) is 56.5 Å². The molecule has 0 unspecified atom stereocenters. The third-order valence-electron chi connectivity index (χ3n) is 5.31. The van der Waals surface area contributed by atoms with Gasteiger partial charge in [-0.1, -0.05) is 12.1 Å². The summed E-state index contributed by atoms with van der Waals surface area (Å²) in [4.78, 5) is 11.9. The van der Waals surface area contributed by atoms with Gasteiger partial charge in [0.05, 0.1) is 17.1 Å². The first-order valence-corrected chi connectivity index (χ1v) is 10.1. The quantitative estimate of drug-likeness (QED) is 0.315. The molecule has 5 nitrogen and oxygen atoms in total. The molecule has 0 saturated heterocycles. The average molecular weight is 495 g/mol. The van der Waals surface area contributed by atoms with Gasteiger partial charge in [-0.15, -0.1) is 0 Å². The highest BCUT2D eigenvalue weighted by atomic mass is 19.4. The van der Waals surface area contributed by atoms with E-state index in [1.54, 1.807) is 32.0 Å². The lowest BCUT2D eigenvalue weighted by Crippen LogP contribution is -2.23. The summed E-state index contributed by atoms with van der Waals surface area (Å²) >= 11 is 0. The Morgan fingerprint density at radius 3 is 2.03 bits per heavy atom. The third-order valence-corrected chi connectivity index (χ3v) is 5.31. The number of alkyl halides is 6. The zero-order chi connectivity index (χ0) is 25.6. The lowest BCUT2D eigenvalue weighted by molar-refractivity contribution is -0.143. The average Bonchev–Trinajstić information content (AvgIpc) is 3.30. The number of pyridine rings is 3. The van der Waals surface area contributed by atoms with E-state index in [0.717, 1.165) is 29.2 Å². The molecule has 0 aliphatic heterocycles. The maximum Gasteiger partial charge on any atom is 0.436 e. The molecule has 0 amide bonds. The van der Waals surface area contributed by atoms with Crippen molar-refractivity contribution in [2.75, 3.05) is 0 Å². The van der Waals surface area contributed by atoms with E-state index in [9.17, 15) is 30.7 Å². The van der Waals surface area contributed by atoms with Gasteiger partial charge >= 0.3 is 12.4 Å². The van der Waals surface area contributed by atoms with E-state index in [1.165, 1.54) is 18.2 Å². The molecule has 0 bridgehead atoms. The van der Waals surface area contributed by atoms with Crippen LogP contribution in [-0.2, 0) is 17.8 Å². The second-order valence-electron chi connectivity index (χ2n) is 8.08. The van der Waals surface area contributed by atoms with Crippen LogP contribution in [0.5, 0.6) is 0 Å². The molecule has 0 saturated carbocycles. The normalized spacial score (nSPS) is 12.7. The summed E-state index contributed by atoms with van der Waals surface area (Å²) < 4.78 is 93.5. The summed E-state index contributed by atoms with van der Waals surface area (Å²) in [5.74, 6) is -1.42. The lowest BCUT2D eigenvalue weighted by atomic mass is 9.84. The summed E-state index contributed by atoms with van der Waals surface area (Å²) in [6.45, 7) is 3.44. The molecule has 12 heteroatoms. The van der Waals surface area contributed by atoms with Crippen molar-refractivity contribution < 1.29 is 30.7 Å². The molecule has 0 radical (unpaired) electrons. The number of rotatable bonds is 4. The summed E-state index contributed by atoms with van der Waals surface area (Å²) in [7, 11) is 0. The first kappa shape index (κ1) is 24.3. The lowest BCUT2D eigenvalue weighted by Gasteiger charge is -2.24. The van der Waals surface area contributed by atoms with Crippen LogP contribution in [0, 0.1) is 5.82 Å². The number of hydrogen-bond acceptors (Lipinski definition) is 4. The Morgan fingerprint density at radius 1 is 0.743 bits per heavy atom. The van der Waals surface area contributed by atoms with Crippen LogP contribution < -0.4 is 0 Å². The van der Waals surface area contributed by atoms with Crippen molar-refractivity contribution in [1.29, 1.82) is 0 Å². The number of nitrogens with zero attached hydrogens (tertiary/aromatic N) is 5. The van der Waals surface area contributed by atoms with Crippen LogP contribution >= 0.6 is 0 Å². The summed E-state index contributed by atoms with van der Waals surface area (Å²) in [6.07, 6.45) is -7.60. The van der Waals surface area contributed by atoms with Crippen LogP contribution in [0.2, 0.25) is 0 Å². The van der Waals surface area contributed by atoms with Gasteiger partial charge in [0.2, 0.25) is 0 Å². The van der Waals surface area contributed by atoms with E-state index in [-0.39, 0.29) is 17.1 Å². The summed E-state index contributed by atoms with van der Waals surface area (Å²) in [5.41, 5.74) is -3.34. The summed E-state index contributed by atoms with van der Waals surface area (Å²) in [6, 6.07) is 11.1. The molecule has 0 atom stereocenters. The van der Waals surface area contributed by atoms with Gasteiger partial charge in [0.15, 0.2) is 23.0 Å². The molecular formula is C23H16F7N5. The molecule has 4 rings (SSSR count). The van der Waals surface area contributed by atoms with E-state index in [1.807, 2.05) is 0 Å². The van der Waals surface area contributed by atoms with Gasteiger partial charge in [-0.3, -0.25) is 4.98 Å². The molecule has 0 N–H and O–H groups in total. The highest BCUT2D eigenvalue weighted by Crippen LogP contribution is 2.35. The monoisotopic (exact) mass is 495 g/mol. The second-order valence-corrected chi connectivity index (χ2v) is 8.08. The molecule has 35 heavy (non-hydrogen) atoms. The van der Waals surface area contributed by atoms with Crippen molar-refractivity contribution in [2.24, 2.45) is 0 Å². The minimum absolute atomic E-state index is 0.0426. The summed E-state index contributed by atoms with van der Waals surface area (Å²) in [5, 5.41) is 3.51. The molecule has 4 aromatic heterocycles. The van der Waals surface area contributed by atoms with E-state index < -0.39 is 35.0 Å². The van der Waals surface area contributed by atoms with E-state index in [4.69, 9.17) is 0 Å². The van der Waals surface area contributed by atoms with Crippen molar-refractivity contribution >= 4 is 0 Å². The predicted molar refractivity (Wildman–Crippen MR) is 111 cm³/mol. The molecule has 0 aliphatic carbocycles. The van der Waals surface area contributed by atoms with Gasteiger partial charge in [0, 0.05) is 23.4 Å². The van der Waals surface area contributed by atoms with E-state index in [2.05, 4.69) is 20.1 Å². The number of aromatic nitrogens is 5. The van der Waals surface area contributed by atoms with Crippen molar-refractivity contribution in [2.45, 2.75) is 31.6 Å². The maximum absolute atomic E-state index is 14.6. The van der Waals surface area contributed by atoms with Crippen LogP contribution in [0.15, 0.2) is 60.9 Å². The van der Waals surface area contributed by atoms with Crippen molar-refractivity contribution in [3.05, 3.63) is 89.5 Å². The Balaban J connectivity index is 1.73. The molecule has 4 heterocycles.